The average Bonchev–Trinajstić information content (AvgIpc) is 2.25. The van der Waals surface area contributed by atoms with Crippen LogP contribution in [0.25, 0.3) is 0 Å². The highest BCUT2D eigenvalue weighted by atomic mass is 19.1. The van der Waals surface area contributed by atoms with E-state index in [0.29, 0.717) is 12.1 Å². The molecule has 0 aliphatic heterocycles. The average molecular weight is 247 g/mol. The number of nitro groups is 1. The Labute approximate surface area is 94.2 Å². The number of alkyl halides is 1. The summed E-state index contributed by atoms with van der Waals surface area (Å²) in [6.07, 6.45) is -0.577. The summed E-state index contributed by atoms with van der Waals surface area (Å²) in [5.41, 5.74) is -1.96. The predicted octanol–water partition coefficient (Wildman–Crippen LogP) is 2.81. The van der Waals surface area contributed by atoms with Crippen LogP contribution in [-0.4, -0.2) is 17.4 Å². The van der Waals surface area contributed by atoms with E-state index in [1.165, 1.54) is 0 Å². The highest BCUT2D eigenvalue weighted by Crippen LogP contribution is 2.24. The molecule has 0 saturated heterocycles. The standard InChI is InChI=1S/C10H8F3NO3/c11-5-1-2-8(15)9-6(12)3-4-7(10(9)13)14(16)17/h3-4H,1-2,5H2. The van der Waals surface area contributed by atoms with E-state index in [9.17, 15) is 28.1 Å². The fourth-order valence-electron chi connectivity index (χ4n) is 1.29. The fourth-order valence-corrected chi connectivity index (χ4v) is 1.29. The molecule has 1 aromatic carbocycles. The Morgan fingerprint density at radius 1 is 1.35 bits per heavy atom. The Kier molecular flexibility index (Phi) is 4.19. The van der Waals surface area contributed by atoms with Crippen LogP contribution >= 0.6 is 0 Å². The molecule has 1 rings (SSSR count). The first-order chi connectivity index (χ1) is 7.99. The second kappa shape index (κ2) is 5.42. The van der Waals surface area contributed by atoms with Gasteiger partial charge in [0.1, 0.15) is 5.82 Å². The molecular formula is C10H8F3NO3. The number of hydrogen-bond donors (Lipinski definition) is 0. The molecule has 0 aromatic heterocycles. The van der Waals surface area contributed by atoms with Gasteiger partial charge in [0.25, 0.3) is 0 Å². The van der Waals surface area contributed by atoms with E-state index in [1.807, 2.05) is 0 Å². The summed E-state index contributed by atoms with van der Waals surface area (Å²) in [5.74, 6) is -3.68. The first-order valence-corrected chi connectivity index (χ1v) is 4.70. The summed E-state index contributed by atoms with van der Waals surface area (Å²) in [5, 5.41) is 10.4. The van der Waals surface area contributed by atoms with Gasteiger partial charge in [-0.25, -0.2) is 4.39 Å². The van der Waals surface area contributed by atoms with Gasteiger partial charge in [-0.2, -0.15) is 4.39 Å². The third kappa shape index (κ3) is 2.80. The SMILES string of the molecule is O=C(CCCF)c1c(F)ccc([N+](=O)[O-])c1F. The molecule has 92 valence electrons. The molecule has 0 atom stereocenters. The summed E-state index contributed by atoms with van der Waals surface area (Å²) in [7, 11) is 0. The first kappa shape index (κ1) is 13.1. The van der Waals surface area contributed by atoms with Gasteiger partial charge in [0.2, 0.25) is 5.82 Å². The van der Waals surface area contributed by atoms with Crippen molar-refractivity contribution >= 4 is 11.5 Å². The lowest BCUT2D eigenvalue weighted by Crippen LogP contribution is -2.08. The maximum atomic E-state index is 13.5. The zero-order chi connectivity index (χ0) is 13.0. The minimum Gasteiger partial charge on any atom is -0.294 e. The number of hydrogen-bond acceptors (Lipinski definition) is 3. The number of rotatable bonds is 5. The van der Waals surface area contributed by atoms with Crippen LogP contribution in [-0.2, 0) is 0 Å². The second-order valence-electron chi connectivity index (χ2n) is 3.23. The number of ketones is 1. The van der Waals surface area contributed by atoms with Crippen molar-refractivity contribution in [2.24, 2.45) is 0 Å². The molecule has 7 heteroatoms. The fraction of sp³-hybridized carbons (Fsp3) is 0.300. The van der Waals surface area contributed by atoms with E-state index in [0.717, 1.165) is 0 Å². The smallest absolute Gasteiger partial charge is 0.294 e. The summed E-state index contributed by atoms with van der Waals surface area (Å²) in [6, 6.07) is 1.28. The molecule has 4 nitrogen and oxygen atoms in total. The molecule has 0 heterocycles. The number of Topliss-reactive ketones (excluding diaryl/α,β-unsaturated/α-hetero) is 1. The van der Waals surface area contributed by atoms with Crippen LogP contribution in [0.15, 0.2) is 12.1 Å². The number of halogens is 3. The molecule has 0 aliphatic rings. The third-order valence-electron chi connectivity index (χ3n) is 2.08. The molecule has 0 bridgehead atoms. The van der Waals surface area contributed by atoms with Gasteiger partial charge in [0.15, 0.2) is 5.78 Å². The van der Waals surface area contributed by atoms with Crippen LogP contribution in [0.1, 0.15) is 23.2 Å². The molecule has 0 aliphatic carbocycles. The van der Waals surface area contributed by atoms with E-state index in [2.05, 4.69) is 0 Å². The number of carbonyl (C=O) groups excluding carboxylic acids is 1. The lowest BCUT2D eigenvalue weighted by atomic mass is 10.0. The molecule has 1 aromatic rings. The van der Waals surface area contributed by atoms with Crippen molar-refractivity contribution in [1.82, 2.24) is 0 Å². The quantitative estimate of drug-likeness (QED) is 0.456. The van der Waals surface area contributed by atoms with Gasteiger partial charge in [0.05, 0.1) is 17.2 Å². The Morgan fingerprint density at radius 2 is 2.00 bits per heavy atom. The summed E-state index contributed by atoms with van der Waals surface area (Å²) < 4.78 is 38.5. The van der Waals surface area contributed by atoms with Gasteiger partial charge in [0, 0.05) is 12.5 Å². The van der Waals surface area contributed by atoms with E-state index in [1.54, 1.807) is 0 Å². The summed E-state index contributed by atoms with van der Waals surface area (Å²) in [6.45, 7) is -0.802. The van der Waals surface area contributed by atoms with Gasteiger partial charge in [-0.3, -0.25) is 19.3 Å². The van der Waals surface area contributed by atoms with Crippen molar-refractivity contribution in [3.8, 4) is 0 Å². The molecule has 0 amide bonds. The number of nitro benzene ring substituents is 1. The lowest BCUT2D eigenvalue weighted by Gasteiger charge is -2.03. The molecule has 0 fully saturated rings. The van der Waals surface area contributed by atoms with Gasteiger partial charge >= 0.3 is 5.69 Å². The van der Waals surface area contributed by atoms with E-state index in [4.69, 9.17) is 0 Å². The maximum absolute atomic E-state index is 13.5. The normalized spacial score (nSPS) is 10.3. The number of benzene rings is 1. The topological polar surface area (TPSA) is 60.2 Å². The van der Waals surface area contributed by atoms with Crippen LogP contribution in [0.4, 0.5) is 18.9 Å². The van der Waals surface area contributed by atoms with Crippen molar-refractivity contribution in [1.29, 1.82) is 0 Å². The van der Waals surface area contributed by atoms with Crippen molar-refractivity contribution in [3.63, 3.8) is 0 Å². The summed E-state index contributed by atoms with van der Waals surface area (Å²) in [4.78, 5) is 20.7. The van der Waals surface area contributed by atoms with Gasteiger partial charge in [-0.05, 0) is 12.5 Å². The van der Waals surface area contributed by atoms with Gasteiger partial charge in [-0.15, -0.1) is 0 Å². The first-order valence-electron chi connectivity index (χ1n) is 4.70. The molecular weight excluding hydrogens is 239 g/mol. The van der Waals surface area contributed by atoms with Crippen molar-refractivity contribution < 1.29 is 22.9 Å². The molecule has 0 radical (unpaired) electrons. The Balaban J connectivity index is 3.18. The Hall–Kier alpha value is -1.92. The molecule has 0 N–H and O–H groups in total. The van der Waals surface area contributed by atoms with Crippen molar-refractivity contribution in [3.05, 3.63) is 39.4 Å². The van der Waals surface area contributed by atoms with Crippen LogP contribution in [0, 0.1) is 21.7 Å². The van der Waals surface area contributed by atoms with E-state index < -0.39 is 46.7 Å². The van der Waals surface area contributed by atoms with E-state index in [-0.39, 0.29) is 6.42 Å². The van der Waals surface area contributed by atoms with Crippen LogP contribution in [0.3, 0.4) is 0 Å². The highest BCUT2D eigenvalue weighted by Gasteiger charge is 2.25. The van der Waals surface area contributed by atoms with Gasteiger partial charge in [-0.1, -0.05) is 0 Å². The maximum Gasteiger partial charge on any atom is 0.305 e. The largest absolute Gasteiger partial charge is 0.305 e. The minimum atomic E-state index is -1.51. The summed E-state index contributed by atoms with van der Waals surface area (Å²) >= 11 is 0. The Morgan fingerprint density at radius 3 is 2.53 bits per heavy atom. The predicted molar refractivity (Wildman–Crippen MR) is 52.6 cm³/mol. The van der Waals surface area contributed by atoms with Crippen molar-refractivity contribution in [2.75, 3.05) is 6.67 Å². The molecule has 17 heavy (non-hydrogen) atoms. The molecule has 0 unspecified atom stereocenters. The lowest BCUT2D eigenvalue weighted by molar-refractivity contribution is -0.387. The minimum absolute atomic E-state index is 0.180. The van der Waals surface area contributed by atoms with Crippen molar-refractivity contribution in [2.45, 2.75) is 12.8 Å². The zero-order valence-corrected chi connectivity index (χ0v) is 8.58. The highest BCUT2D eigenvalue weighted by molar-refractivity contribution is 5.97. The third-order valence-corrected chi connectivity index (χ3v) is 2.08. The number of carbonyl (C=O) groups is 1. The van der Waals surface area contributed by atoms with Gasteiger partial charge < -0.3 is 0 Å². The molecule has 0 spiro atoms. The molecule has 0 saturated carbocycles. The van der Waals surface area contributed by atoms with Crippen LogP contribution in [0.5, 0.6) is 0 Å². The van der Waals surface area contributed by atoms with Crippen LogP contribution in [0.2, 0.25) is 0 Å². The monoisotopic (exact) mass is 247 g/mol. The number of nitrogens with zero attached hydrogens (tertiary/aromatic N) is 1. The van der Waals surface area contributed by atoms with E-state index >= 15 is 0 Å². The zero-order valence-electron chi connectivity index (χ0n) is 8.58. The second-order valence-corrected chi connectivity index (χ2v) is 3.23. The van der Waals surface area contributed by atoms with Crippen LogP contribution < -0.4 is 0 Å². The Bertz CT molecular complexity index is 462.